The van der Waals surface area contributed by atoms with Gasteiger partial charge >= 0.3 is 25.7 Å². The number of hydrogen-bond donors (Lipinski definition) is 0. The Hall–Kier alpha value is 0.274. The van der Waals surface area contributed by atoms with Crippen LogP contribution in [0.15, 0.2) is 0 Å². The van der Waals surface area contributed by atoms with Gasteiger partial charge in [0.1, 0.15) is 0 Å². The summed E-state index contributed by atoms with van der Waals surface area (Å²) in [6.07, 6.45) is 0. The first kappa shape index (κ1) is 8.86. The minimum atomic E-state index is -2.00. The van der Waals surface area contributed by atoms with E-state index in [4.69, 9.17) is 6.65 Å². The van der Waals surface area contributed by atoms with Crippen molar-refractivity contribution in [3.8, 4) is 0 Å². The van der Waals surface area contributed by atoms with E-state index in [2.05, 4.69) is 0 Å². The predicted molar refractivity (Wildman–Crippen MR) is 4.99 cm³/mol. The van der Waals surface area contributed by atoms with Gasteiger partial charge in [-0.15, -0.1) is 0 Å². The molecule has 24 valence electrons. The fraction of sp³-hybridized carbons (Fsp3) is 0. The van der Waals surface area contributed by atoms with Gasteiger partial charge in [0.15, 0.2) is 0 Å². The van der Waals surface area contributed by atoms with Gasteiger partial charge in [-0.3, -0.25) is 0 Å². The van der Waals surface area contributed by atoms with Crippen molar-refractivity contribution < 1.29 is 31.2 Å². The second-order valence-electron chi connectivity index (χ2n) is 0.0833. The van der Waals surface area contributed by atoms with Crippen LogP contribution >= 0.6 is 0 Å². The van der Waals surface area contributed by atoms with Gasteiger partial charge in [0, 0.05) is 0 Å². The van der Waals surface area contributed by atoms with Crippen LogP contribution in [0.4, 0.5) is 0 Å². The molecule has 2 N–H and O–H groups in total. The normalized spacial score (nSPS) is 2.00. The molecule has 0 rings (SSSR count). The van der Waals surface area contributed by atoms with Gasteiger partial charge in [0.05, 0.1) is 0 Å². The Kier molecular flexibility index (Phi) is 23.1. The second-order valence-corrected chi connectivity index (χ2v) is 0.344. The molecule has 0 atom stereocenters. The third-order valence-electron chi connectivity index (χ3n) is 0. The average molecular weight is 97.9 g/mol. The van der Waals surface area contributed by atoms with Crippen LogP contribution in [0.3, 0.4) is 0 Å². The molecule has 0 spiro atoms. The van der Waals surface area contributed by atoms with Crippen molar-refractivity contribution in [2.75, 3.05) is 0 Å². The first-order valence-corrected chi connectivity index (χ1v) is 1.68. The molecule has 0 aliphatic rings. The molecule has 0 saturated heterocycles. The van der Waals surface area contributed by atoms with Crippen molar-refractivity contribution >= 4 is 0 Å². The summed E-state index contributed by atoms with van der Waals surface area (Å²) in [5, 5.41) is 0. The first-order valence-electron chi connectivity index (χ1n) is 0.408. The van der Waals surface area contributed by atoms with Crippen molar-refractivity contribution in [3.05, 3.63) is 0 Å². The Morgan fingerprint density at radius 2 is 1.25 bits per heavy atom. The van der Waals surface area contributed by atoms with Gasteiger partial charge < -0.3 is 5.48 Å². The fourth-order valence-electron chi connectivity index (χ4n) is 0. The Morgan fingerprint density at radius 1 is 1.25 bits per heavy atom. The summed E-state index contributed by atoms with van der Waals surface area (Å²) in [6, 6.07) is 0. The molecule has 0 heterocycles. The Balaban J connectivity index is 0. The zero-order chi connectivity index (χ0) is 2.71. The molecule has 0 amide bonds. The van der Waals surface area contributed by atoms with E-state index in [9.17, 15) is 0 Å². The number of rotatable bonds is 0. The van der Waals surface area contributed by atoms with Crippen LogP contribution in [0.5, 0.6) is 0 Å². The molecule has 0 unspecified atom stereocenters. The summed E-state index contributed by atoms with van der Waals surface area (Å²) in [5.74, 6) is 0. The van der Waals surface area contributed by atoms with Crippen LogP contribution in [0, 0.1) is 0 Å². The third kappa shape index (κ3) is 49.1. The van der Waals surface area contributed by atoms with Crippen LogP contribution in [0.25, 0.3) is 0 Å². The molecule has 0 fully saturated rings. The Morgan fingerprint density at radius 3 is 1.25 bits per heavy atom. The predicted octanol–water partition coefficient (Wildman–Crippen LogP) is -1.06. The molecule has 0 aromatic heterocycles. The second kappa shape index (κ2) is 10.4. The molecular weight excluding hydrogens is 95.9 g/mol. The van der Waals surface area contributed by atoms with Gasteiger partial charge in [-0.2, -0.15) is 0 Å². The summed E-state index contributed by atoms with van der Waals surface area (Å²) in [5.41, 5.74) is 0. The molecule has 3 nitrogen and oxygen atoms in total. The topological polar surface area (TPSA) is 65.6 Å². The van der Waals surface area contributed by atoms with Crippen molar-refractivity contribution in [3.63, 3.8) is 0 Å². The molecule has 0 aromatic rings. The van der Waals surface area contributed by atoms with E-state index in [0.29, 0.717) is 0 Å². The molecule has 4 heteroatoms. The zero-order valence-electron chi connectivity index (χ0n) is 1.82. The maximum atomic E-state index is 8.50. The van der Waals surface area contributed by atoms with E-state index >= 15 is 0 Å². The molecule has 0 aromatic carbocycles. The van der Waals surface area contributed by atoms with Crippen molar-refractivity contribution in [1.29, 1.82) is 0 Å². The molecule has 0 bridgehead atoms. The van der Waals surface area contributed by atoms with Crippen LogP contribution in [0.1, 0.15) is 0 Å². The SMILES string of the molecule is O.[O]=[Ti]=[O]. The van der Waals surface area contributed by atoms with Gasteiger partial charge in [-0.05, 0) is 0 Å². The minimum absolute atomic E-state index is 0. The van der Waals surface area contributed by atoms with E-state index in [1.54, 1.807) is 0 Å². The summed E-state index contributed by atoms with van der Waals surface area (Å²) < 4.78 is 17.0. The van der Waals surface area contributed by atoms with Gasteiger partial charge in [0.2, 0.25) is 0 Å². The van der Waals surface area contributed by atoms with E-state index in [1.807, 2.05) is 0 Å². The maximum absolute atomic E-state index is 8.50. The van der Waals surface area contributed by atoms with Crippen molar-refractivity contribution in [2.45, 2.75) is 0 Å². The average Bonchev–Trinajstić information content (AvgIpc) is 0.918. The quantitative estimate of drug-likeness (QED) is 0.362. The zero-order valence-corrected chi connectivity index (χ0v) is 3.38. The molecule has 0 saturated carbocycles. The molecule has 0 aliphatic carbocycles. The van der Waals surface area contributed by atoms with E-state index in [-0.39, 0.29) is 5.48 Å². The molecular formula is H2O3Ti. The van der Waals surface area contributed by atoms with E-state index < -0.39 is 19.1 Å². The van der Waals surface area contributed by atoms with Crippen LogP contribution < -0.4 is 0 Å². The van der Waals surface area contributed by atoms with E-state index in [0.717, 1.165) is 0 Å². The Bertz CT molecular complexity index is 24.3. The van der Waals surface area contributed by atoms with Gasteiger partial charge in [-0.25, -0.2) is 0 Å². The summed E-state index contributed by atoms with van der Waals surface area (Å²) >= 11 is -2.00. The summed E-state index contributed by atoms with van der Waals surface area (Å²) in [4.78, 5) is 0. The standard InChI is InChI=1S/H2O.2O.Ti/h1H2;;;. The van der Waals surface area contributed by atoms with Crippen molar-refractivity contribution in [2.24, 2.45) is 0 Å². The van der Waals surface area contributed by atoms with Gasteiger partial charge in [-0.1, -0.05) is 0 Å². The van der Waals surface area contributed by atoms with Gasteiger partial charge in [0.25, 0.3) is 0 Å². The number of hydrogen-bond acceptors (Lipinski definition) is 2. The molecule has 4 heavy (non-hydrogen) atoms. The Labute approximate surface area is 31.9 Å². The van der Waals surface area contributed by atoms with E-state index in [1.165, 1.54) is 0 Å². The third-order valence-corrected chi connectivity index (χ3v) is 0. The molecule has 0 radical (unpaired) electrons. The van der Waals surface area contributed by atoms with Crippen LogP contribution in [0.2, 0.25) is 0 Å². The van der Waals surface area contributed by atoms with Crippen LogP contribution in [-0.2, 0) is 25.7 Å². The summed E-state index contributed by atoms with van der Waals surface area (Å²) in [6.45, 7) is 0. The van der Waals surface area contributed by atoms with Crippen LogP contribution in [-0.4, -0.2) is 5.48 Å². The molecule has 0 aliphatic heterocycles. The van der Waals surface area contributed by atoms with Crippen molar-refractivity contribution in [1.82, 2.24) is 0 Å². The summed E-state index contributed by atoms with van der Waals surface area (Å²) in [7, 11) is 0. The first-order chi connectivity index (χ1) is 1.41. The monoisotopic (exact) mass is 97.9 g/mol. The fourth-order valence-corrected chi connectivity index (χ4v) is 0.